The number of carbonyl (C=O) groups excluding carboxylic acids is 1. The highest BCUT2D eigenvalue weighted by molar-refractivity contribution is 9.10. The standard InChI is InChI=1S/C10H16BrN3O.ClH/c1-3-14-7-8(11)6-9(14)10(15)13-5-4-12-2;/h6-7,12H,3-5H2,1-2H3,(H,13,15);1H. The normalized spacial score (nSPS) is 9.69. The Morgan fingerprint density at radius 3 is 2.75 bits per heavy atom. The minimum atomic E-state index is -0.0298. The highest BCUT2D eigenvalue weighted by Crippen LogP contribution is 2.14. The van der Waals surface area contributed by atoms with E-state index >= 15 is 0 Å². The average molecular weight is 311 g/mol. The minimum absolute atomic E-state index is 0. The van der Waals surface area contributed by atoms with Crippen molar-refractivity contribution in [3.63, 3.8) is 0 Å². The summed E-state index contributed by atoms with van der Waals surface area (Å²) in [6, 6.07) is 1.83. The van der Waals surface area contributed by atoms with Crippen LogP contribution >= 0.6 is 28.3 Å². The third kappa shape index (κ3) is 4.15. The van der Waals surface area contributed by atoms with Crippen LogP contribution in [-0.2, 0) is 6.54 Å². The van der Waals surface area contributed by atoms with Crippen LogP contribution in [0.3, 0.4) is 0 Å². The van der Waals surface area contributed by atoms with Crippen LogP contribution in [0.5, 0.6) is 0 Å². The number of likely N-dealkylation sites (N-methyl/N-ethyl adjacent to an activating group) is 1. The van der Waals surface area contributed by atoms with Gasteiger partial charge in [0.2, 0.25) is 0 Å². The van der Waals surface area contributed by atoms with Crippen LogP contribution in [0.4, 0.5) is 0 Å². The molecule has 0 saturated carbocycles. The monoisotopic (exact) mass is 309 g/mol. The lowest BCUT2D eigenvalue weighted by atomic mass is 10.4. The molecule has 2 N–H and O–H groups in total. The predicted molar refractivity (Wildman–Crippen MR) is 71.3 cm³/mol. The smallest absolute Gasteiger partial charge is 0.267 e. The van der Waals surface area contributed by atoms with Gasteiger partial charge in [-0.25, -0.2) is 0 Å². The molecule has 0 bridgehead atoms. The van der Waals surface area contributed by atoms with Gasteiger partial charge in [-0.2, -0.15) is 0 Å². The van der Waals surface area contributed by atoms with Gasteiger partial charge >= 0.3 is 0 Å². The highest BCUT2D eigenvalue weighted by Gasteiger charge is 2.10. The summed E-state index contributed by atoms with van der Waals surface area (Å²) in [5.41, 5.74) is 0.695. The van der Waals surface area contributed by atoms with E-state index in [9.17, 15) is 4.79 Å². The second kappa shape index (κ2) is 7.70. The number of amides is 1. The number of hydrogen-bond acceptors (Lipinski definition) is 2. The van der Waals surface area contributed by atoms with E-state index in [1.807, 2.05) is 30.8 Å². The maximum Gasteiger partial charge on any atom is 0.267 e. The molecule has 4 nitrogen and oxygen atoms in total. The van der Waals surface area contributed by atoms with E-state index in [-0.39, 0.29) is 18.3 Å². The lowest BCUT2D eigenvalue weighted by molar-refractivity contribution is 0.0945. The second-order valence-electron chi connectivity index (χ2n) is 3.19. The van der Waals surface area contributed by atoms with Crippen molar-refractivity contribution in [1.82, 2.24) is 15.2 Å². The van der Waals surface area contributed by atoms with Gasteiger partial charge < -0.3 is 15.2 Å². The summed E-state index contributed by atoms with van der Waals surface area (Å²) < 4.78 is 2.85. The zero-order valence-corrected chi connectivity index (χ0v) is 11.8. The molecule has 1 aromatic heterocycles. The number of nitrogens with one attached hydrogen (secondary N) is 2. The van der Waals surface area contributed by atoms with E-state index < -0.39 is 0 Å². The maximum absolute atomic E-state index is 11.7. The Balaban J connectivity index is 0.00000225. The molecule has 0 fully saturated rings. The van der Waals surface area contributed by atoms with Crippen LogP contribution in [0.1, 0.15) is 17.4 Å². The number of hydrogen-bond donors (Lipinski definition) is 2. The van der Waals surface area contributed by atoms with Gasteiger partial charge in [-0.1, -0.05) is 0 Å². The molecule has 0 radical (unpaired) electrons. The summed E-state index contributed by atoms with van der Waals surface area (Å²) in [4.78, 5) is 11.7. The summed E-state index contributed by atoms with van der Waals surface area (Å²) in [7, 11) is 1.86. The lowest BCUT2D eigenvalue weighted by Crippen LogP contribution is -2.31. The molecule has 0 aliphatic carbocycles. The fraction of sp³-hybridized carbons (Fsp3) is 0.500. The number of rotatable bonds is 5. The molecule has 1 aromatic rings. The van der Waals surface area contributed by atoms with Gasteiger partial charge in [0.25, 0.3) is 5.91 Å². The van der Waals surface area contributed by atoms with Gasteiger partial charge in [0.1, 0.15) is 5.69 Å². The first kappa shape index (κ1) is 15.5. The fourth-order valence-corrected chi connectivity index (χ4v) is 1.78. The molecule has 0 spiro atoms. The summed E-state index contributed by atoms with van der Waals surface area (Å²) in [6.45, 7) is 4.22. The lowest BCUT2D eigenvalue weighted by Gasteiger charge is -2.07. The molecule has 0 unspecified atom stereocenters. The summed E-state index contributed by atoms with van der Waals surface area (Å²) in [5, 5.41) is 5.82. The average Bonchev–Trinajstić information content (AvgIpc) is 2.60. The molecular weight excluding hydrogens is 293 g/mol. The van der Waals surface area contributed by atoms with Crippen molar-refractivity contribution in [2.75, 3.05) is 20.1 Å². The fourth-order valence-electron chi connectivity index (χ4n) is 1.32. The molecule has 1 heterocycles. The quantitative estimate of drug-likeness (QED) is 0.812. The number of carbonyl (C=O) groups is 1. The number of nitrogens with zero attached hydrogens (tertiary/aromatic N) is 1. The Bertz CT molecular complexity index is 341. The molecule has 0 aliphatic heterocycles. The van der Waals surface area contributed by atoms with Crippen LogP contribution < -0.4 is 10.6 Å². The van der Waals surface area contributed by atoms with Gasteiger partial charge in [-0.15, -0.1) is 12.4 Å². The first-order valence-electron chi connectivity index (χ1n) is 4.97. The molecule has 0 atom stereocenters. The number of aryl methyl sites for hydroxylation is 1. The summed E-state index contributed by atoms with van der Waals surface area (Å²) in [5.74, 6) is -0.0298. The molecular formula is C10H17BrClN3O. The molecule has 0 aromatic carbocycles. The first-order chi connectivity index (χ1) is 7.19. The molecule has 92 valence electrons. The third-order valence-electron chi connectivity index (χ3n) is 2.10. The Hall–Kier alpha value is -0.520. The van der Waals surface area contributed by atoms with Crippen molar-refractivity contribution in [2.45, 2.75) is 13.5 Å². The first-order valence-corrected chi connectivity index (χ1v) is 5.76. The van der Waals surface area contributed by atoms with E-state index in [4.69, 9.17) is 0 Å². The van der Waals surface area contributed by atoms with E-state index in [1.54, 1.807) is 0 Å². The third-order valence-corrected chi connectivity index (χ3v) is 2.53. The zero-order chi connectivity index (χ0) is 11.3. The van der Waals surface area contributed by atoms with Crippen molar-refractivity contribution < 1.29 is 4.79 Å². The van der Waals surface area contributed by atoms with Crippen LogP contribution in [0, 0.1) is 0 Å². The van der Waals surface area contributed by atoms with Gasteiger partial charge in [-0.05, 0) is 36.0 Å². The van der Waals surface area contributed by atoms with E-state index in [2.05, 4.69) is 26.6 Å². The summed E-state index contributed by atoms with van der Waals surface area (Å²) in [6.07, 6.45) is 1.91. The maximum atomic E-state index is 11.7. The van der Waals surface area contributed by atoms with Crippen molar-refractivity contribution >= 4 is 34.2 Å². The Kier molecular flexibility index (Phi) is 7.45. The molecule has 16 heavy (non-hydrogen) atoms. The zero-order valence-electron chi connectivity index (χ0n) is 9.42. The molecule has 1 rings (SSSR count). The van der Waals surface area contributed by atoms with E-state index in [0.29, 0.717) is 12.2 Å². The van der Waals surface area contributed by atoms with Gasteiger partial charge in [0, 0.05) is 30.3 Å². The predicted octanol–water partition coefficient (Wildman–Crippen LogP) is 1.64. The van der Waals surface area contributed by atoms with Crippen LogP contribution in [0.25, 0.3) is 0 Å². The molecule has 0 aliphatic rings. The van der Waals surface area contributed by atoms with Crippen LogP contribution in [-0.4, -0.2) is 30.6 Å². The van der Waals surface area contributed by atoms with E-state index in [1.165, 1.54) is 0 Å². The SMILES string of the molecule is CCn1cc(Br)cc1C(=O)NCCNC.Cl. The van der Waals surface area contributed by atoms with Gasteiger partial charge in [0.05, 0.1) is 0 Å². The topological polar surface area (TPSA) is 46.1 Å². The summed E-state index contributed by atoms with van der Waals surface area (Å²) >= 11 is 3.36. The molecule has 0 saturated heterocycles. The second-order valence-corrected chi connectivity index (χ2v) is 4.10. The Morgan fingerprint density at radius 2 is 2.19 bits per heavy atom. The molecule has 6 heteroatoms. The van der Waals surface area contributed by atoms with Crippen molar-refractivity contribution in [2.24, 2.45) is 0 Å². The number of aromatic nitrogens is 1. The van der Waals surface area contributed by atoms with Crippen molar-refractivity contribution in [3.8, 4) is 0 Å². The number of halogens is 2. The Labute approximate surface area is 110 Å². The van der Waals surface area contributed by atoms with Gasteiger partial charge in [-0.3, -0.25) is 4.79 Å². The van der Waals surface area contributed by atoms with Crippen molar-refractivity contribution in [1.29, 1.82) is 0 Å². The van der Waals surface area contributed by atoms with Crippen LogP contribution in [0.2, 0.25) is 0 Å². The van der Waals surface area contributed by atoms with Gasteiger partial charge in [0.15, 0.2) is 0 Å². The van der Waals surface area contributed by atoms with Crippen molar-refractivity contribution in [3.05, 3.63) is 22.4 Å². The van der Waals surface area contributed by atoms with E-state index in [0.717, 1.165) is 17.6 Å². The highest BCUT2D eigenvalue weighted by atomic mass is 79.9. The largest absolute Gasteiger partial charge is 0.349 e. The molecule has 1 amide bonds. The van der Waals surface area contributed by atoms with Crippen LogP contribution in [0.15, 0.2) is 16.7 Å². The minimum Gasteiger partial charge on any atom is -0.349 e. The Morgan fingerprint density at radius 1 is 1.50 bits per heavy atom.